The zero-order chi connectivity index (χ0) is 15.1. The fourth-order valence-electron chi connectivity index (χ4n) is 3.00. The molecule has 2 fully saturated rings. The number of fused-ring (bicyclic) bond motifs is 1. The minimum absolute atomic E-state index is 0.0987. The molecule has 1 amide bonds. The minimum atomic E-state index is 0.0987. The van der Waals surface area contributed by atoms with Gasteiger partial charge >= 0.3 is 0 Å². The summed E-state index contributed by atoms with van der Waals surface area (Å²) < 4.78 is 0.990. The molecule has 6 heteroatoms. The van der Waals surface area contributed by atoms with E-state index in [9.17, 15) is 4.79 Å². The van der Waals surface area contributed by atoms with Crippen LogP contribution < -0.4 is 10.2 Å². The zero-order valence-corrected chi connectivity index (χ0v) is 13.5. The van der Waals surface area contributed by atoms with Gasteiger partial charge in [-0.15, -0.1) is 0 Å². The molecule has 4 rings (SSSR count). The molecule has 1 N–H and O–H groups in total. The molecule has 1 aliphatic heterocycles. The maximum atomic E-state index is 12.0. The summed E-state index contributed by atoms with van der Waals surface area (Å²) in [6.07, 6.45) is 6.25. The van der Waals surface area contributed by atoms with E-state index in [1.165, 1.54) is 12.8 Å². The van der Waals surface area contributed by atoms with Crippen molar-refractivity contribution in [2.75, 3.05) is 23.3 Å². The van der Waals surface area contributed by atoms with E-state index in [1.54, 1.807) is 17.5 Å². The molecule has 1 atom stereocenters. The SMILES string of the molecule is C[C@@H]1CCCN(c2nc3ccnc(NC(=O)C4CC4)c3s2)C1. The van der Waals surface area contributed by atoms with Crippen LogP contribution in [0.2, 0.25) is 0 Å². The number of hydrogen-bond donors (Lipinski definition) is 1. The number of piperidine rings is 1. The highest BCUT2D eigenvalue weighted by Crippen LogP contribution is 2.36. The Morgan fingerprint density at radius 3 is 3.05 bits per heavy atom. The van der Waals surface area contributed by atoms with E-state index in [0.29, 0.717) is 11.7 Å². The van der Waals surface area contributed by atoms with Crippen molar-refractivity contribution in [1.29, 1.82) is 0 Å². The Balaban J connectivity index is 1.63. The van der Waals surface area contributed by atoms with Gasteiger partial charge in [-0.05, 0) is 37.7 Å². The molecule has 0 spiro atoms. The van der Waals surface area contributed by atoms with Crippen LogP contribution in [0.3, 0.4) is 0 Å². The van der Waals surface area contributed by atoms with Crippen LogP contribution in [0.15, 0.2) is 12.3 Å². The number of hydrogen-bond acceptors (Lipinski definition) is 5. The Kier molecular flexibility index (Phi) is 3.48. The summed E-state index contributed by atoms with van der Waals surface area (Å²) in [5.41, 5.74) is 0.930. The topological polar surface area (TPSA) is 58.1 Å². The number of nitrogens with zero attached hydrogens (tertiary/aromatic N) is 3. The first kappa shape index (κ1) is 13.9. The lowest BCUT2D eigenvalue weighted by molar-refractivity contribution is -0.117. The first-order valence-corrected chi connectivity index (χ1v) is 8.83. The third-order valence-corrected chi connectivity index (χ3v) is 5.55. The van der Waals surface area contributed by atoms with Crippen LogP contribution in [-0.4, -0.2) is 29.0 Å². The maximum absolute atomic E-state index is 12.0. The number of anilines is 2. The second-order valence-corrected chi connectivity index (χ2v) is 7.44. The fraction of sp³-hybridized carbons (Fsp3) is 0.562. The van der Waals surface area contributed by atoms with Crippen LogP contribution in [0.4, 0.5) is 10.9 Å². The van der Waals surface area contributed by atoms with E-state index < -0.39 is 0 Å². The second-order valence-electron chi connectivity index (χ2n) is 6.46. The molecule has 0 unspecified atom stereocenters. The van der Waals surface area contributed by atoms with Gasteiger partial charge < -0.3 is 10.2 Å². The van der Waals surface area contributed by atoms with Crippen molar-refractivity contribution in [2.45, 2.75) is 32.6 Å². The first-order valence-electron chi connectivity index (χ1n) is 8.02. The quantitative estimate of drug-likeness (QED) is 0.944. The zero-order valence-electron chi connectivity index (χ0n) is 12.7. The Hall–Kier alpha value is -1.69. The molecular formula is C16H20N4OS. The largest absolute Gasteiger partial charge is 0.348 e. The number of amides is 1. The van der Waals surface area contributed by atoms with Gasteiger partial charge in [-0.1, -0.05) is 18.3 Å². The van der Waals surface area contributed by atoms with E-state index in [2.05, 4.69) is 22.1 Å². The van der Waals surface area contributed by atoms with E-state index in [4.69, 9.17) is 4.98 Å². The molecule has 0 aromatic carbocycles. The van der Waals surface area contributed by atoms with E-state index in [0.717, 1.165) is 41.3 Å². The molecule has 1 saturated heterocycles. The minimum Gasteiger partial charge on any atom is -0.348 e. The third kappa shape index (κ3) is 2.67. The van der Waals surface area contributed by atoms with Crippen LogP contribution in [0, 0.1) is 11.8 Å². The van der Waals surface area contributed by atoms with Gasteiger partial charge in [-0.2, -0.15) is 0 Å². The van der Waals surface area contributed by atoms with E-state index >= 15 is 0 Å². The summed E-state index contributed by atoms with van der Waals surface area (Å²) >= 11 is 1.64. The lowest BCUT2D eigenvalue weighted by atomic mass is 10.0. The van der Waals surface area contributed by atoms with E-state index in [-0.39, 0.29) is 11.8 Å². The molecule has 1 aliphatic carbocycles. The summed E-state index contributed by atoms with van der Waals surface area (Å²) in [5.74, 6) is 1.67. The Morgan fingerprint density at radius 1 is 1.41 bits per heavy atom. The number of carbonyl (C=O) groups excluding carboxylic acids is 1. The highest BCUT2D eigenvalue weighted by Gasteiger charge is 2.30. The Labute approximate surface area is 133 Å². The van der Waals surface area contributed by atoms with Gasteiger partial charge in [0.1, 0.15) is 0 Å². The van der Waals surface area contributed by atoms with Crippen molar-refractivity contribution in [3.05, 3.63) is 12.3 Å². The number of pyridine rings is 1. The molecule has 2 aliphatic rings. The molecule has 2 aromatic heterocycles. The van der Waals surface area contributed by atoms with Gasteiger partial charge in [0.25, 0.3) is 0 Å². The van der Waals surface area contributed by atoms with Crippen LogP contribution in [0.5, 0.6) is 0 Å². The summed E-state index contributed by atoms with van der Waals surface area (Å²) in [6, 6.07) is 1.93. The summed E-state index contributed by atoms with van der Waals surface area (Å²) in [4.78, 5) is 23.5. The van der Waals surface area contributed by atoms with Crippen LogP contribution in [0.1, 0.15) is 32.6 Å². The van der Waals surface area contributed by atoms with Gasteiger partial charge in [0.2, 0.25) is 5.91 Å². The summed E-state index contributed by atoms with van der Waals surface area (Å²) in [5, 5.41) is 4.03. The maximum Gasteiger partial charge on any atom is 0.228 e. The van der Waals surface area contributed by atoms with Gasteiger partial charge in [-0.25, -0.2) is 9.97 Å². The Bertz CT molecular complexity index is 709. The molecule has 116 valence electrons. The predicted octanol–water partition coefficient (Wildman–Crippen LogP) is 3.28. The van der Waals surface area contributed by atoms with Crippen LogP contribution in [-0.2, 0) is 4.79 Å². The fourth-order valence-corrected chi connectivity index (χ4v) is 4.04. The van der Waals surface area contributed by atoms with Crippen LogP contribution in [0.25, 0.3) is 10.2 Å². The number of nitrogens with one attached hydrogen (secondary N) is 1. The molecule has 0 bridgehead atoms. The number of thiazole rings is 1. The molecule has 1 saturated carbocycles. The van der Waals surface area contributed by atoms with Crippen molar-refractivity contribution in [1.82, 2.24) is 9.97 Å². The second kappa shape index (κ2) is 5.50. The van der Waals surface area contributed by atoms with Crippen molar-refractivity contribution < 1.29 is 4.79 Å². The monoisotopic (exact) mass is 316 g/mol. The number of aromatic nitrogens is 2. The standard InChI is InChI=1S/C16H20N4OS/c1-10-3-2-8-20(9-10)16-18-12-6-7-17-14(13(12)22-16)19-15(21)11-4-5-11/h6-7,10-11H,2-5,8-9H2,1H3,(H,17,19,21)/t10-/m1/s1. The average molecular weight is 316 g/mol. The molecule has 22 heavy (non-hydrogen) atoms. The molecule has 5 nitrogen and oxygen atoms in total. The van der Waals surface area contributed by atoms with Crippen molar-refractivity contribution in [3.8, 4) is 0 Å². The third-order valence-electron chi connectivity index (χ3n) is 4.41. The van der Waals surface area contributed by atoms with Crippen molar-refractivity contribution in [2.24, 2.45) is 11.8 Å². The lowest BCUT2D eigenvalue weighted by Crippen LogP contribution is -2.34. The molecular weight excluding hydrogens is 296 g/mol. The smallest absolute Gasteiger partial charge is 0.228 e. The van der Waals surface area contributed by atoms with E-state index in [1.807, 2.05) is 6.07 Å². The van der Waals surface area contributed by atoms with Crippen molar-refractivity contribution >= 4 is 38.4 Å². The van der Waals surface area contributed by atoms with Gasteiger partial charge in [0.05, 0.1) is 10.2 Å². The number of carbonyl (C=O) groups is 1. The highest BCUT2D eigenvalue weighted by atomic mass is 32.1. The highest BCUT2D eigenvalue weighted by molar-refractivity contribution is 7.22. The number of rotatable bonds is 3. The normalized spacial score (nSPS) is 22.0. The predicted molar refractivity (Wildman–Crippen MR) is 89.4 cm³/mol. The van der Waals surface area contributed by atoms with Crippen LogP contribution >= 0.6 is 11.3 Å². The average Bonchev–Trinajstić information content (AvgIpc) is 3.26. The first-order chi connectivity index (χ1) is 10.7. The molecule has 2 aromatic rings. The lowest BCUT2D eigenvalue weighted by Gasteiger charge is -2.30. The van der Waals surface area contributed by atoms with Gasteiger partial charge in [0, 0.05) is 25.2 Å². The van der Waals surface area contributed by atoms with Gasteiger partial charge in [-0.3, -0.25) is 4.79 Å². The molecule has 3 heterocycles. The summed E-state index contributed by atoms with van der Waals surface area (Å²) in [6.45, 7) is 4.43. The van der Waals surface area contributed by atoms with Crippen molar-refractivity contribution in [3.63, 3.8) is 0 Å². The van der Waals surface area contributed by atoms with Gasteiger partial charge in [0.15, 0.2) is 10.9 Å². The molecule has 0 radical (unpaired) electrons. The summed E-state index contributed by atoms with van der Waals surface area (Å²) in [7, 11) is 0. The Morgan fingerprint density at radius 2 is 2.27 bits per heavy atom.